The lowest BCUT2D eigenvalue weighted by molar-refractivity contribution is 0.0602. The molecular weight excluding hydrogens is 308 g/mol. The van der Waals surface area contributed by atoms with Gasteiger partial charge in [-0.1, -0.05) is 0 Å². The second-order valence-electron chi connectivity index (χ2n) is 6.17. The Balaban J connectivity index is 1.86. The van der Waals surface area contributed by atoms with Crippen LogP contribution in [-0.2, 0) is 9.84 Å². The van der Waals surface area contributed by atoms with Gasteiger partial charge in [0.05, 0.1) is 16.0 Å². The molecule has 2 unspecified atom stereocenters. The Bertz CT molecular complexity index is 666. The van der Waals surface area contributed by atoms with Crippen LogP contribution in [0, 0.1) is 13.8 Å². The van der Waals surface area contributed by atoms with Crippen LogP contribution >= 0.6 is 11.3 Å². The Labute approximate surface area is 129 Å². The molecule has 0 saturated carbocycles. The Morgan fingerprint density at radius 1 is 1.24 bits per heavy atom. The van der Waals surface area contributed by atoms with E-state index in [1.165, 1.54) is 17.6 Å². The Hall–Kier alpha value is -0.950. The lowest BCUT2D eigenvalue weighted by Crippen LogP contribution is -2.49. The van der Waals surface area contributed by atoms with Crippen LogP contribution in [0.1, 0.15) is 46.1 Å². The lowest BCUT2D eigenvalue weighted by atomic mass is 10.0. The number of carbonyl (C=O) groups excluding carboxylic acids is 1. The minimum atomic E-state index is -3.02. The highest BCUT2D eigenvalue weighted by Crippen LogP contribution is 2.39. The van der Waals surface area contributed by atoms with Crippen molar-refractivity contribution in [2.75, 3.05) is 6.26 Å². The summed E-state index contributed by atoms with van der Waals surface area (Å²) in [5.74, 6) is 0.0394. The molecule has 0 spiro atoms. The summed E-state index contributed by atoms with van der Waals surface area (Å²) in [5, 5.41) is 0.609. The molecule has 2 saturated heterocycles. The molecule has 1 amide bonds. The number of fused-ring (bicyclic) bond motifs is 2. The fourth-order valence-corrected chi connectivity index (χ4v) is 5.66. The quantitative estimate of drug-likeness (QED) is 0.832. The molecular formula is C14H20N2O3S2. The third-order valence-electron chi connectivity index (χ3n) is 4.63. The van der Waals surface area contributed by atoms with E-state index in [1.54, 1.807) is 0 Å². The number of hydrogen-bond donors (Lipinski definition) is 0. The monoisotopic (exact) mass is 328 g/mol. The maximum Gasteiger partial charge on any atom is 0.266 e. The zero-order valence-corrected chi connectivity index (χ0v) is 14.1. The van der Waals surface area contributed by atoms with Gasteiger partial charge in [0.15, 0.2) is 0 Å². The first kappa shape index (κ1) is 15.0. The van der Waals surface area contributed by atoms with E-state index in [1.807, 2.05) is 18.7 Å². The molecule has 21 heavy (non-hydrogen) atoms. The SMILES string of the molecule is Cc1nc(C)c(C(=O)N2C3CCC2CC(S(C)(=O)=O)C3)s1. The summed E-state index contributed by atoms with van der Waals surface area (Å²) in [6, 6.07) is 0.135. The van der Waals surface area contributed by atoms with Gasteiger partial charge >= 0.3 is 0 Å². The third kappa shape index (κ3) is 2.61. The fraction of sp³-hybridized carbons (Fsp3) is 0.714. The van der Waals surface area contributed by atoms with Crippen molar-refractivity contribution in [3.05, 3.63) is 15.6 Å². The first-order valence-corrected chi connectivity index (χ1v) is 10.00. The molecule has 0 N–H and O–H groups in total. The van der Waals surface area contributed by atoms with Crippen molar-refractivity contribution < 1.29 is 13.2 Å². The van der Waals surface area contributed by atoms with E-state index in [0.29, 0.717) is 17.7 Å². The fourth-order valence-electron chi connectivity index (χ4n) is 3.66. The van der Waals surface area contributed by atoms with Crippen molar-refractivity contribution in [1.82, 2.24) is 9.88 Å². The predicted octanol–water partition coefficient (Wildman–Crippen LogP) is 1.94. The predicted molar refractivity (Wildman–Crippen MR) is 82.4 cm³/mol. The molecule has 0 radical (unpaired) electrons. The number of nitrogens with zero attached hydrogens (tertiary/aromatic N) is 2. The molecule has 2 atom stereocenters. The van der Waals surface area contributed by atoms with Crippen molar-refractivity contribution in [2.24, 2.45) is 0 Å². The number of thiazole rings is 1. The van der Waals surface area contributed by atoms with Crippen molar-refractivity contribution in [1.29, 1.82) is 0 Å². The van der Waals surface area contributed by atoms with Crippen molar-refractivity contribution in [3.8, 4) is 0 Å². The molecule has 2 bridgehead atoms. The van der Waals surface area contributed by atoms with Crippen LogP contribution < -0.4 is 0 Å². The standard InChI is InChI=1S/C14H20N2O3S2/c1-8-13(20-9(2)15-8)14(17)16-10-4-5-11(16)7-12(6-10)21(3,18)19/h10-12H,4-7H2,1-3H3. The van der Waals surface area contributed by atoms with E-state index in [2.05, 4.69) is 4.98 Å². The zero-order valence-electron chi connectivity index (χ0n) is 12.5. The average Bonchev–Trinajstić information content (AvgIpc) is 2.84. The summed E-state index contributed by atoms with van der Waals surface area (Å²) in [6.07, 6.45) is 4.31. The van der Waals surface area contributed by atoms with Crippen molar-refractivity contribution >= 4 is 27.1 Å². The van der Waals surface area contributed by atoms with Crippen molar-refractivity contribution in [3.63, 3.8) is 0 Å². The van der Waals surface area contributed by atoms with Crippen LogP contribution in [0.25, 0.3) is 0 Å². The van der Waals surface area contributed by atoms with Gasteiger partial charge in [-0.2, -0.15) is 0 Å². The highest BCUT2D eigenvalue weighted by atomic mass is 32.2. The van der Waals surface area contributed by atoms with E-state index in [9.17, 15) is 13.2 Å². The van der Waals surface area contributed by atoms with Gasteiger partial charge < -0.3 is 4.90 Å². The molecule has 5 nitrogen and oxygen atoms in total. The van der Waals surface area contributed by atoms with Gasteiger partial charge in [-0.15, -0.1) is 11.3 Å². The molecule has 1 aromatic heterocycles. The Morgan fingerprint density at radius 3 is 2.24 bits per heavy atom. The summed E-state index contributed by atoms with van der Waals surface area (Å²) in [4.78, 5) is 19.8. The smallest absolute Gasteiger partial charge is 0.266 e. The second kappa shape index (κ2) is 5.05. The number of rotatable bonds is 2. The average molecular weight is 328 g/mol. The van der Waals surface area contributed by atoms with Crippen molar-refractivity contribution in [2.45, 2.75) is 56.9 Å². The van der Waals surface area contributed by atoms with Crippen LogP contribution in [0.5, 0.6) is 0 Å². The first-order valence-electron chi connectivity index (χ1n) is 7.23. The number of sulfone groups is 1. The maximum atomic E-state index is 12.8. The summed E-state index contributed by atoms with van der Waals surface area (Å²) in [6.45, 7) is 3.76. The summed E-state index contributed by atoms with van der Waals surface area (Å²) in [7, 11) is -3.02. The largest absolute Gasteiger partial charge is 0.332 e. The van der Waals surface area contributed by atoms with Gasteiger partial charge in [0.2, 0.25) is 0 Å². The zero-order chi connectivity index (χ0) is 15.4. The van der Waals surface area contributed by atoms with Gasteiger partial charge in [0.25, 0.3) is 5.91 Å². The number of hydrogen-bond acceptors (Lipinski definition) is 5. The molecule has 2 aliphatic heterocycles. The molecule has 3 rings (SSSR count). The normalized spacial score (nSPS) is 28.9. The van der Waals surface area contributed by atoms with E-state index >= 15 is 0 Å². The Kier molecular flexibility index (Phi) is 3.60. The molecule has 2 fully saturated rings. The first-order chi connectivity index (χ1) is 9.77. The van der Waals surface area contributed by atoms with Gasteiger partial charge in [-0.3, -0.25) is 4.79 Å². The van der Waals surface area contributed by atoms with Gasteiger partial charge in [0.1, 0.15) is 14.7 Å². The summed E-state index contributed by atoms with van der Waals surface area (Å²) < 4.78 is 23.6. The molecule has 1 aromatic rings. The Morgan fingerprint density at radius 2 is 1.81 bits per heavy atom. The highest BCUT2D eigenvalue weighted by Gasteiger charge is 2.46. The molecule has 116 valence electrons. The molecule has 0 aliphatic carbocycles. The van der Waals surface area contributed by atoms with E-state index in [-0.39, 0.29) is 23.2 Å². The lowest BCUT2D eigenvalue weighted by Gasteiger charge is -2.38. The van der Waals surface area contributed by atoms with Crippen LogP contribution in [0.4, 0.5) is 0 Å². The minimum Gasteiger partial charge on any atom is -0.332 e. The van der Waals surface area contributed by atoms with E-state index in [0.717, 1.165) is 23.5 Å². The molecule has 2 aliphatic rings. The number of piperidine rings is 1. The topological polar surface area (TPSA) is 67.3 Å². The van der Waals surface area contributed by atoms with Gasteiger partial charge in [-0.05, 0) is 39.5 Å². The summed E-state index contributed by atoms with van der Waals surface area (Å²) in [5.41, 5.74) is 0.784. The molecule has 3 heterocycles. The number of aromatic nitrogens is 1. The molecule has 7 heteroatoms. The third-order valence-corrected chi connectivity index (χ3v) is 7.28. The number of amides is 1. The van der Waals surface area contributed by atoms with Gasteiger partial charge in [0, 0.05) is 18.3 Å². The van der Waals surface area contributed by atoms with Gasteiger partial charge in [-0.25, -0.2) is 13.4 Å². The van der Waals surface area contributed by atoms with Crippen LogP contribution in [0.3, 0.4) is 0 Å². The number of aryl methyl sites for hydroxylation is 2. The van der Waals surface area contributed by atoms with E-state index < -0.39 is 9.84 Å². The number of carbonyl (C=O) groups is 1. The van der Waals surface area contributed by atoms with E-state index in [4.69, 9.17) is 0 Å². The highest BCUT2D eigenvalue weighted by molar-refractivity contribution is 7.91. The molecule has 0 aromatic carbocycles. The maximum absolute atomic E-state index is 12.8. The summed E-state index contributed by atoms with van der Waals surface area (Å²) >= 11 is 1.43. The second-order valence-corrected chi connectivity index (χ2v) is 9.70. The van der Waals surface area contributed by atoms with Crippen LogP contribution in [0.2, 0.25) is 0 Å². The van der Waals surface area contributed by atoms with Crippen LogP contribution in [-0.4, -0.2) is 47.8 Å². The van der Waals surface area contributed by atoms with Crippen LogP contribution in [0.15, 0.2) is 0 Å². The minimum absolute atomic E-state index is 0.0394.